The van der Waals surface area contributed by atoms with Gasteiger partial charge in [0.2, 0.25) is 10.4 Å². The number of allylic oxidation sites excluding steroid dienone is 5. The molecular weight excluding hydrogens is 1370 g/mol. The van der Waals surface area contributed by atoms with E-state index in [4.69, 9.17) is 12.9 Å². The molecule has 13 nitrogen and oxygen atoms in total. The fourth-order valence-electron chi connectivity index (χ4n) is 26.8. The number of hydrogen-bond donors (Lipinski definition) is 4. The summed E-state index contributed by atoms with van der Waals surface area (Å²) >= 11 is 0. The van der Waals surface area contributed by atoms with Gasteiger partial charge in [-0.25, -0.2) is 12.6 Å². The molecule has 12 rings (SSSR count). The van der Waals surface area contributed by atoms with Crippen LogP contribution in [0.25, 0.3) is 0 Å². The van der Waals surface area contributed by atoms with Gasteiger partial charge in [-0.2, -0.15) is 16.8 Å². The minimum Gasteiger partial charge on any atom is -0.726 e. The molecule has 0 amide bonds. The summed E-state index contributed by atoms with van der Waals surface area (Å²) in [5.41, 5.74) is 7.68. The van der Waals surface area contributed by atoms with Gasteiger partial charge in [0.1, 0.15) is 0 Å². The Morgan fingerprint density at radius 1 is 0.456 bits per heavy atom. The first kappa shape index (κ1) is 89.9. The molecule has 27 atom stereocenters. The van der Waals surface area contributed by atoms with Gasteiger partial charge in [0.05, 0.1) is 37.8 Å². The second kappa shape index (κ2) is 35.8. The quantitative estimate of drug-likeness (QED) is 0.0409. The number of hydrogen-bond acceptors (Lipinski definition) is 11. The van der Waals surface area contributed by atoms with Crippen molar-refractivity contribution in [3.05, 3.63) is 34.9 Å². The van der Waals surface area contributed by atoms with Gasteiger partial charge in [0.25, 0.3) is 10.1 Å². The van der Waals surface area contributed by atoms with Crippen molar-refractivity contribution in [1.82, 2.24) is 0 Å². The molecule has 103 heavy (non-hydrogen) atoms. The molecule has 0 aromatic heterocycles. The topological polar surface area (TPSA) is 225 Å². The number of alkyl halides is 1. The average molecular weight is 1520 g/mol. The molecule has 12 aliphatic carbocycles. The second-order valence-corrected chi connectivity index (χ2v) is 42.9. The predicted molar refractivity (Wildman–Crippen MR) is 411 cm³/mol. The molecule has 4 N–H and O–H groups in total. The number of fused-ring (bicyclic) bond motifs is 15. The maximum absolute atomic E-state index is 11.3. The number of halogens is 1. The average Bonchev–Trinajstić information content (AvgIpc) is 1.69. The van der Waals surface area contributed by atoms with Gasteiger partial charge in [-0.15, -0.1) is 0 Å². The van der Waals surface area contributed by atoms with E-state index in [1.807, 2.05) is 33.3 Å². The Morgan fingerprint density at radius 3 is 1.08 bits per heavy atom. The smallest absolute Gasteiger partial charge is 0.726 e. The van der Waals surface area contributed by atoms with E-state index in [1.165, 1.54) is 147 Å². The molecule has 0 aromatic rings. The zero-order chi connectivity index (χ0) is 75.8. The van der Waals surface area contributed by atoms with E-state index >= 15 is 0 Å². The number of rotatable bonds is 19. The van der Waals surface area contributed by atoms with Crippen molar-refractivity contribution in [2.75, 3.05) is 13.4 Å². The summed E-state index contributed by atoms with van der Waals surface area (Å²) < 4.78 is 111. The fourth-order valence-corrected chi connectivity index (χ4v) is 28.0. The van der Waals surface area contributed by atoms with Crippen LogP contribution < -0.4 is 29.6 Å². The Morgan fingerprint density at radius 2 is 0.767 bits per heavy atom. The zero-order valence-electron chi connectivity index (χ0n) is 68.4. The summed E-state index contributed by atoms with van der Waals surface area (Å²) in [6.07, 6.45) is 44.2. The third-order valence-corrected chi connectivity index (χ3v) is 33.5. The van der Waals surface area contributed by atoms with Gasteiger partial charge in [-0.3, -0.25) is 17.7 Å². The number of aliphatic hydroxyl groups is 2. The fraction of sp³-hybridized carbons (Fsp3) is 0.929. The Bertz CT molecular complexity index is 3060. The summed E-state index contributed by atoms with van der Waals surface area (Å²) in [4.78, 5) is 0. The maximum Gasteiger partial charge on any atom is 1.00 e. The molecule has 0 unspecified atom stereocenters. The second-order valence-electron chi connectivity index (χ2n) is 39.4. The molecular formula is C85H148FNaO13S3. The molecule has 0 radical (unpaired) electrons. The Balaban J connectivity index is 0.000000206. The maximum atomic E-state index is 11.3. The molecule has 9 saturated carbocycles. The van der Waals surface area contributed by atoms with E-state index < -0.39 is 43.1 Å². The monoisotopic (exact) mass is 1510 g/mol. The minimum atomic E-state index is -4.67. The Labute approximate surface area is 651 Å². The van der Waals surface area contributed by atoms with Crippen molar-refractivity contribution >= 4 is 30.9 Å². The van der Waals surface area contributed by atoms with Crippen LogP contribution in [-0.2, 0) is 39.3 Å². The predicted octanol–water partition coefficient (Wildman–Crippen LogP) is 18.0. The first-order valence-electron chi connectivity index (χ1n) is 41.4. The van der Waals surface area contributed by atoms with Crippen LogP contribution in [-0.4, -0.2) is 87.0 Å². The van der Waals surface area contributed by atoms with Crippen LogP contribution in [0.15, 0.2) is 34.9 Å². The van der Waals surface area contributed by atoms with Crippen molar-refractivity contribution in [3.8, 4) is 0 Å². The van der Waals surface area contributed by atoms with Crippen LogP contribution in [0.2, 0.25) is 0 Å². The molecule has 0 spiro atoms. The van der Waals surface area contributed by atoms with Gasteiger partial charge < -0.3 is 14.8 Å². The van der Waals surface area contributed by atoms with Crippen LogP contribution in [0.5, 0.6) is 0 Å². The summed E-state index contributed by atoms with van der Waals surface area (Å²) in [6.45, 7) is 39.7. The summed E-state index contributed by atoms with van der Waals surface area (Å²) in [5.74, 6) is 13.8. The first-order valence-corrected chi connectivity index (χ1v) is 46.0. The first-order chi connectivity index (χ1) is 47.4. The van der Waals surface area contributed by atoms with Crippen LogP contribution >= 0.6 is 0 Å². The largest absolute Gasteiger partial charge is 1.00 e. The normalized spacial score (nSPS) is 41.1. The van der Waals surface area contributed by atoms with Crippen molar-refractivity contribution in [1.29, 1.82) is 0 Å². The van der Waals surface area contributed by atoms with E-state index in [1.54, 1.807) is 5.57 Å². The molecule has 9 fully saturated rings. The molecule has 0 aromatic carbocycles. The molecule has 592 valence electrons. The Kier molecular flexibility index (Phi) is 31.3. The third-order valence-electron chi connectivity index (χ3n) is 32.5. The van der Waals surface area contributed by atoms with Crippen molar-refractivity contribution in [3.63, 3.8) is 0 Å². The van der Waals surface area contributed by atoms with E-state index in [0.717, 1.165) is 115 Å². The van der Waals surface area contributed by atoms with Gasteiger partial charge in [-0.1, -0.05) is 153 Å². The standard InChI is InChI=1S/C28H48O4S.C28H48O.C27H46O5S.CH3F.CH4O3S.Na/c1-18(2)26(32-33(29,30)31)12-7-20(4)23-10-11-24-22-9-8-21-17-19(3)13-15-27(21,5)25(22)14-16-28(23,24)6;1-18(2)26(29)12-7-20(4)23-10-11-24-22-9-8-21-17-19(3)13-15-27(21,5)25(22)14-16-28(23,24)6;1-17(2)25(32-33(29,30)31)11-6-18(3)22-9-10-23-21-8-7-19-16-20(28)12-14-26(19,4)24(21)13-15-27(22,23)5;1-2;1-5(2,3)4;/h8,18-20,22-26H,7,9-17H2,1-6H3,(H,29,30,31);8,18-20,22-26,29H,7,9-17H2,1-6H3;7,17-18,20-25,28H,6,8-16H2,1-5H3,(H,29,30,31);1H3;1H3,(H,2,3,4);/q;;;;;+1/p-1/t2*19-,20+,22-,23+,24-,25-,26-,27-,28+;18-,20+,21+,22-,23+,24+,25+,26+,27-;;;/m001.../s1. The zero-order valence-corrected chi connectivity index (χ0v) is 72.8. The third kappa shape index (κ3) is 20.4. The molecule has 0 saturated heterocycles. The molecule has 12 aliphatic rings. The Hall–Kier alpha value is -0.280. The molecule has 18 heteroatoms. The van der Waals surface area contributed by atoms with Crippen LogP contribution in [0.4, 0.5) is 4.39 Å². The van der Waals surface area contributed by atoms with Crippen molar-refractivity contribution < 1.29 is 91.4 Å². The summed E-state index contributed by atoms with van der Waals surface area (Å²) in [7, 11) is -12.2. The van der Waals surface area contributed by atoms with Gasteiger partial charge in [0.15, 0.2) is 0 Å². The molecule has 0 bridgehead atoms. The van der Waals surface area contributed by atoms with E-state index in [9.17, 15) is 49.0 Å². The summed E-state index contributed by atoms with van der Waals surface area (Å²) in [6, 6.07) is 0. The molecule has 0 aliphatic heterocycles. The van der Waals surface area contributed by atoms with Crippen molar-refractivity contribution in [2.45, 2.75) is 335 Å². The van der Waals surface area contributed by atoms with Crippen molar-refractivity contribution in [2.24, 2.45) is 151 Å². The van der Waals surface area contributed by atoms with E-state index in [-0.39, 0.29) is 59.0 Å². The SMILES string of the molecule is CC(C)[C@@H](O)CC[C@@H](C)[C@H]1CC[C@H]2[C@@H]3CC=C4C[C@@H](C)CC[C@]4(C)[C@H]3CC[C@]12C.CC(C)[C@H](CC[C@@H](C)[C@H]1CC[C@H]2[C@@H]3CC=C4C[C@@H](C)CC[C@]4(C)[C@H]3CC[C@]12C)OS(=O)(=O)O.CC(C)[C@H](CC[C@@H](C)[C@H]1CC[C@H]2[C@@H]3CC=C4C[C@@H](O)CC[C@]4(C)[C@H]3CC[C@]12C)OS(=O)(=O)[O-].CF.CS(=O)(=O)O.[Na+]. The minimum absolute atomic E-state index is 0. The molecule has 0 heterocycles. The van der Waals surface area contributed by atoms with Gasteiger partial charge in [-0.05, 0) is 343 Å². The van der Waals surface area contributed by atoms with E-state index in [2.05, 4.69) is 108 Å². The van der Waals surface area contributed by atoms with Gasteiger partial charge >= 0.3 is 40.0 Å². The van der Waals surface area contributed by atoms with Crippen LogP contribution in [0, 0.1) is 151 Å². The number of aliphatic hydroxyl groups excluding tert-OH is 2. The van der Waals surface area contributed by atoms with Crippen LogP contribution in [0.1, 0.15) is 310 Å². The van der Waals surface area contributed by atoms with E-state index in [0.29, 0.717) is 82.9 Å². The summed E-state index contributed by atoms with van der Waals surface area (Å²) in [5, 5.41) is 20.6. The van der Waals surface area contributed by atoms with Gasteiger partial charge in [0, 0.05) is 0 Å². The van der Waals surface area contributed by atoms with Crippen LogP contribution in [0.3, 0.4) is 0 Å².